The van der Waals surface area contributed by atoms with Crippen LogP contribution in [0.15, 0.2) is 11.6 Å². The molecule has 25 heavy (non-hydrogen) atoms. The molecule has 0 radical (unpaired) electrons. The van der Waals surface area contributed by atoms with Crippen molar-refractivity contribution >= 4 is 22.6 Å². The minimum Gasteiger partial charge on any atom is -0.396 e. The number of hydrogen-bond acceptors (Lipinski definition) is 3. The Morgan fingerprint density at radius 2 is 1.88 bits per heavy atom. The molecule has 3 nitrogen and oxygen atoms in total. The zero-order chi connectivity index (χ0) is 18.2. The van der Waals surface area contributed by atoms with Gasteiger partial charge < -0.3 is 14.6 Å². The SMILES string of the molecule is CC1=C[C@@H]2[C@H]([C@H](C)CO)CC3(C[C@@H]2[C@H]([C@H](CI)C(C)C)C1)OCCO3. The van der Waals surface area contributed by atoms with Gasteiger partial charge in [0.05, 0.1) is 13.2 Å². The molecule has 0 aromatic heterocycles. The molecule has 1 N–H and O–H groups in total. The molecule has 1 saturated carbocycles. The molecular formula is C21H35IO3. The standard InChI is InChI=1S/C21H35IO3/c1-13(2)20(11-22)17-8-14(3)7-16-18(15(4)12-23)9-21(10-19(16)17)24-5-6-25-21/h7,13,15-20,23H,5-6,8-12H2,1-4H3/t15-,16-,17-,18+,19+,20-/m1/s1. The zero-order valence-corrected chi connectivity index (χ0v) is 18.4. The Balaban J connectivity index is 1.96. The van der Waals surface area contributed by atoms with Gasteiger partial charge in [0.1, 0.15) is 0 Å². The van der Waals surface area contributed by atoms with Gasteiger partial charge in [0.25, 0.3) is 0 Å². The highest BCUT2D eigenvalue weighted by Crippen LogP contribution is 2.55. The number of hydrogen-bond donors (Lipinski definition) is 1. The number of fused-ring (bicyclic) bond motifs is 1. The lowest BCUT2D eigenvalue weighted by Crippen LogP contribution is -2.51. The van der Waals surface area contributed by atoms with Gasteiger partial charge in [-0.25, -0.2) is 0 Å². The van der Waals surface area contributed by atoms with E-state index in [1.54, 1.807) is 5.57 Å². The van der Waals surface area contributed by atoms with Gasteiger partial charge in [0.15, 0.2) is 5.79 Å². The molecule has 1 saturated heterocycles. The minimum atomic E-state index is -0.389. The number of aliphatic hydroxyl groups is 1. The summed E-state index contributed by atoms with van der Waals surface area (Å²) in [6.07, 6.45) is 5.71. The number of rotatable bonds is 5. The lowest BCUT2D eigenvalue weighted by Gasteiger charge is -2.53. The van der Waals surface area contributed by atoms with Crippen LogP contribution >= 0.6 is 22.6 Å². The van der Waals surface area contributed by atoms with Crippen LogP contribution in [0.2, 0.25) is 0 Å². The smallest absolute Gasteiger partial charge is 0.169 e. The Bertz CT molecular complexity index is 484. The summed E-state index contributed by atoms with van der Waals surface area (Å²) in [4.78, 5) is 0. The normalized spacial score (nSPS) is 37.0. The van der Waals surface area contributed by atoms with Gasteiger partial charge in [-0.05, 0) is 54.8 Å². The van der Waals surface area contributed by atoms with Crippen molar-refractivity contribution in [2.24, 2.45) is 41.4 Å². The van der Waals surface area contributed by atoms with Crippen molar-refractivity contribution in [3.63, 3.8) is 0 Å². The molecule has 0 amide bonds. The Morgan fingerprint density at radius 3 is 2.44 bits per heavy atom. The number of allylic oxidation sites excluding steroid dienone is 2. The van der Waals surface area contributed by atoms with E-state index in [0.717, 1.165) is 32.0 Å². The van der Waals surface area contributed by atoms with Crippen molar-refractivity contribution in [2.75, 3.05) is 24.2 Å². The lowest BCUT2D eigenvalue weighted by molar-refractivity contribution is -0.218. The molecule has 1 heterocycles. The fraction of sp³-hybridized carbons (Fsp3) is 0.905. The van der Waals surface area contributed by atoms with E-state index >= 15 is 0 Å². The van der Waals surface area contributed by atoms with Crippen LogP contribution < -0.4 is 0 Å². The summed E-state index contributed by atoms with van der Waals surface area (Å²) >= 11 is 2.58. The number of aliphatic hydroxyl groups excluding tert-OH is 1. The zero-order valence-electron chi connectivity index (χ0n) is 16.2. The summed E-state index contributed by atoms with van der Waals surface area (Å²) in [5.74, 6) is 3.65. The van der Waals surface area contributed by atoms with Gasteiger partial charge in [-0.2, -0.15) is 0 Å². The maximum Gasteiger partial charge on any atom is 0.169 e. The summed E-state index contributed by atoms with van der Waals surface area (Å²) < 4.78 is 13.6. The average molecular weight is 462 g/mol. The van der Waals surface area contributed by atoms with Crippen LogP contribution in [0, 0.1) is 41.4 Å². The van der Waals surface area contributed by atoms with Gasteiger partial charge in [-0.15, -0.1) is 0 Å². The van der Waals surface area contributed by atoms with Crippen molar-refractivity contribution in [2.45, 2.75) is 52.7 Å². The molecule has 2 fully saturated rings. The molecule has 6 atom stereocenters. The lowest BCUT2D eigenvalue weighted by atomic mass is 9.56. The fourth-order valence-electron chi connectivity index (χ4n) is 5.70. The molecule has 144 valence electrons. The van der Waals surface area contributed by atoms with Gasteiger partial charge in [0, 0.05) is 23.9 Å². The van der Waals surface area contributed by atoms with Crippen molar-refractivity contribution in [1.82, 2.24) is 0 Å². The molecule has 1 spiro atoms. The van der Waals surface area contributed by atoms with Crippen molar-refractivity contribution in [3.8, 4) is 0 Å². The van der Waals surface area contributed by atoms with Crippen LogP contribution in [0.5, 0.6) is 0 Å². The fourth-order valence-corrected chi connectivity index (χ4v) is 7.37. The van der Waals surface area contributed by atoms with Gasteiger partial charge in [-0.3, -0.25) is 0 Å². The average Bonchev–Trinajstić information content (AvgIpc) is 3.02. The van der Waals surface area contributed by atoms with Crippen LogP contribution in [0.3, 0.4) is 0 Å². The summed E-state index contributed by atoms with van der Waals surface area (Å²) in [6, 6.07) is 0. The molecule has 0 aromatic carbocycles. The van der Waals surface area contributed by atoms with E-state index in [2.05, 4.69) is 56.4 Å². The molecule has 0 aromatic rings. The van der Waals surface area contributed by atoms with Gasteiger partial charge in [-0.1, -0.05) is 55.0 Å². The van der Waals surface area contributed by atoms with E-state index in [0.29, 0.717) is 29.6 Å². The molecule has 2 aliphatic carbocycles. The molecular weight excluding hydrogens is 427 g/mol. The van der Waals surface area contributed by atoms with E-state index in [-0.39, 0.29) is 18.3 Å². The van der Waals surface area contributed by atoms with E-state index in [4.69, 9.17) is 9.47 Å². The third-order valence-electron chi connectivity index (χ3n) is 7.08. The maximum atomic E-state index is 9.88. The molecule has 0 bridgehead atoms. The largest absolute Gasteiger partial charge is 0.396 e. The highest BCUT2D eigenvalue weighted by Gasteiger charge is 2.53. The second-order valence-corrected chi connectivity index (χ2v) is 9.90. The summed E-state index contributed by atoms with van der Waals surface area (Å²) in [5.41, 5.74) is 1.54. The van der Waals surface area contributed by atoms with Crippen molar-refractivity contribution in [3.05, 3.63) is 11.6 Å². The Kier molecular flexibility index (Phi) is 6.55. The van der Waals surface area contributed by atoms with E-state index < -0.39 is 0 Å². The van der Waals surface area contributed by atoms with Gasteiger partial charge >= 0.3 is 0 Å². The second-order valence-electron chi connectivity index (χ2n) is 9.02. The molecule has 3 aliphatic rings. The van der Waals surface area contributed by atoms with Gasteiger partial charge in [0.2, 0.25) is 0 Å². The highest BCUT2D eigenvalue weighted by atomic mass is 127. The molecule has 3 rings (SSSR count). The van der Waals surface area contributed by atoms with Crippen LogP contribution in [-0.4, -0.2) is 35.1 Å². The summed E-state index contributed by atoms with van der Waals surface area (Å²) in [6.45, 7) is 10.9. The third kappa shape index (κ3) is 3.97. The summed E-state index contributed by atoms with van der Waals surface area (Å²) in [5, 5.41) is 9.88. The molecule has 0 unspecified atom stereocenters. The first-order valence-electron chi connectivity index (χ1n) is 10.0. The summed E-state index contributed by atoms with van der Waals surface area (Å²) in [7, 11) is 0. The van der Waals surface area contributed by atoms with E-state index in [1.807, 2.05) is 0 Å². The molecule has 1 aliphatic heterocycles. The number of ether oxygens (including phenoxy) is 2. The van der Waals surface area contributed by atoms with Crippen molar-refractivity contribution in [1.29, 1.82) is 0 Å². The Hall–Kier alpha value is 0.350. The first-order chi connectivity index (χ1) is 11.9. The Labute approximate surface area is 167 Å². The topological polar surface area (TPSA) is 38.7 Å². The Morgan fingerprint density at radius 1 is 1.20 bits per heavy atom. The van der Waals surface area contributed by atoms with E-state index in [1.165, 1.54) is 10.8 Å². The predicted molar refractivity (Wildman–Crippen MR) is 110 cm³/mol. The highest BCUT2D eigenvalue weighted by molar-refractivity contribution is 14.1. The van der Waals surface area contributed by atoms with Crippen LogP contribution in [0.1, 0.15) is 47.0 Å². The quantitative estimate of drug-likeness (QED) is 0.367. The third-order valence-corrected chi connectivity index (χ3v) is 8.10. The predicted octanol–water partition coefficient (Wildman–Crippen LogP) is 4.67. The monoisotopic (exact) mass is 462 g/mol. The van der Waals surface area contributed by atoms with Crippen molar-refractivity contribution < 1.29 is 14.6 Å². The van der Waals surface area contributed by atoms with Crippen LogP contribution in [0.25, 0.3) is 0 Å². The maximum absolute atomic E-state index is 9.88. The number of halogens is 1. The van der Waals surface area contributed by atoms with Crippen LogP contribution in [0.4, 0.5) is 0 Å². The number of alkyl halides is 1. The second kappa shape index (κ2) is 8.15. The van der Waals surface area contributed by atoms with Crippen LogP contribution in [-0.2, 0) is 9.47 Å². The first-order valence-corrected chi connectivity index (χ1v) is 11.6. The first kappa shape index (κ1) is 20.1. The molecule has 4 heteroatoms. The van der Waals surface area contributed by atoms with E-state index in [9.17, 15) is 5.11 Å². The minimum absolute atomic E-state index is 0.251.